The van der Waals surface area contributed by atoms with Crippen molar-refractivity contribution in [3.8, 4) is 5.75 Å². The monoisotopic (exact) mass is 264 g/mol. The van der Waals surface area contributed by atoms with Crippen LogP contribution in [0.15, 0.2) is 24.3 Å². The van der Waals surface area contributed by atoms with E-state index in [1.54, 1.807) is 0 Å². The number of rotatable bonds is 5. The zero-order chi connectivity index (χ0) is 13.7. The van der Waals surface area contributed by atoms with Gasteiger partial charge in [-0.3, -0.25) is 4.90 Å². The molecule has 0 saturated carbocycles. The smallest absolute Gasteiger partial charge is 0.119 e. The Morgan fingerprint density at radius 1 is 1.53 bits per heavy atom. The fraction of sp³-hybridized carbons (Fsp3) is 0.600. The fourth-order valence-corrected chi connectivity index (χ4v) is 2.64. The van der Waals surface area contributed by atoms with E-state index >= 15 is 0 Å². The molecular formula is C15H24N2O2. The van der Waals surface area contributed by atoms with Gasteiger partial charge in [-0.2, -0.15) is 0 Å². The first-order chi connectivity index (χ1) is 9.26. The molecule has 1 aliphatic heterocycles. The van der Waals surface area contributed by atoms with Crippen molar-refractivity contribution in [1.29, 1.82) is 0 Å². The summed E-state index contributed by atoms with van der Waals surface area (Å²) < 4.78 is 11.1. The SMILES string of the molecule is CCOc1cccc(C(CN)N2CCOCC2C)c1. The molecule has 19 heavy (non-hydrogen) atoms. The third kappa shape index (κ3) is 3.47. The van der Waals surface area contributed by atoms with Gasteiger partial charge in [0.25, 0.3) is 0 Å². The molecule has 4 heteroatoms. The lowest BCUT2D eigenvalue weighted by Gasteiger charge is -2.39. The molecule has 1 aliphatic rings. The summed E-state index contributed by atoms with van der Waals surface area (Å²) in [4.78, 5) is 2.43. The number of hydrogen-bond acceptors (Lipinski definition) is 4. The van der Waals surface area contributed by atoms with Crippen LogP contribution in [0, 0.1) is 0 Å². The van der Waals surface area contributed by atoms with Crippen LogP contribution in [0.25, 0.3) is 0 Å². The van der Waals surface area contributed by atoms with Gasteiger partial charge in [0, 0.05) is 25.2 Å². The van der Waals surface area contributed by atoms with Crippen molar-refractivity contribution in [2.75, 3.05) is 32.9 Å². The predicted octanol–water partition coefficient (Wildman–Crippen LogP) is 1.81. The van der Waals surface area contributed by atoms with Gasteiger partial charge in [-0.05, 0) is 31.5 Å². The summed E-state index contributed by atoms with van der Waals surface area (Å²) in [5.74, 6) is 0.916. The Bertz CT molecular complexity index is 397. The Labute approximate surface area is 115 Å². The highest BCUT2D eigenvalue weighted by molar-refractivity contribution is 5.31. The maximum Gasteiger partial charge on any atom is 0.119 e. The second-order valence-electron chi connectivity index (χ2n) is 4.92. The van der Waals surface area contributed by atoms with E-state index in [-0.39, 0.29) is 6.04 Å². The van der Waals surface area contributed by atoms with Crippen LogP contribution in [0.5, 0.6) is 5.75 Å². The van der Waals surface area contributed by atoms with E-state index in [0.717, 1.165) is 25.5 Å². The van der Waals surface area contributed by atoms with Crippen LogP contribution < -0.4 is 10.5 Å². The Kier molecular flexibility index (Phi) is 5.19. The first-order valence-electron chi connectivity index (χ1n) is 7.02. The zero-order valence-electron chi connectivity index (χ0n) is 11.8. The Hall–Kier alpha value is -1.10. The summed E-state index contributed by atoms with van der Waals surface area (Å²) in [5, 5.41) is 0. The van der Waals surface area contributed by atoms with Crippen molar-refractivity contribution in [3.63, 3.8) is 0 Å². The molecule has 0 aliphatic carbocycles. The molecule has 0 spiro atoms. The van der Waals surface area contributed by atoms with Crippen molar-refractivity contribution < 1.29 is 9.47 Å². The van der Waals surface area contributed by atoms with Crippen molar-refractivity contribution in [1.82, 2.24) is 4.90 Å². The number of morpholine rings is 1. The topological polar surface area (TPSA) is 47.7 Å². The van der Waals surface area contributed by atoms with Crippen LogP contribution in [-0.4, -0.2) is 43.9 Å². The summed E-state index contributed by atoms with van der Waals surface area (Å²) in [6, 6.07) is 8.89. The lowest BCUT2D eigenvalue weighted by molar-refractivity contribution is -0.0209. The predicted molar refractivity (Wildman–Crippen MR) is 76.4 cm³/mol. The molecular weight excluding hydrogens is 240 g/mol. The van der Waals surface area contributed by atoms with E-state index in [9.17, 15) is 0 Å². The Balaban J connectivity index is 2.18. The minimum atomic E-state index is 0.235. The van der Waals surface area contributed by atoms with Gasteiger partial charge in [0.2, 0.25) is 0 Å². The van der Waals surface area contributed by atoms with Crippen molar-refractivity contribution >= 4 is 0 Å². The molecule has 106 valence electrons. The second-order valence-corrected chi connectivity index (χ2v) is 4.92. The molecule has 0 amide bonds. The summed E-state index contributed by atoms with van der Waals surface area (Å²) in [6.07, 6.45) is 0. The lowest BCUT2D eigenvalue weighted by atomic mass is 10.0. The highest BCUT2D eigenvalue weighted by Gasteiger charge is 2.26. The molecule has 2 unspecified atom stereocenters. The zero-order valence-corrected chi connectivity index (χ0v) is 11.8. The number of hydrogen-bond donors (Lipinski definition) is 1. The van der Waals surface area contributed by atoms with Crippen molar-refractivity contribution in [3.05, 3.63) is 29.8 Å². The van der Waals surface area contributed by atoms with Gasteiger partial charge >= 0.3 is 0 Å². The van der Waals surface area contributed by atoms with E-state index < -0.39 is 0 Å². The van der Waals surface area contributed by atoms with Crippen LogP contribution >= 0.6 is 0 Å². The molecule has 1 fully saturated rings. The van der Waals surface area contributed by atoms with Gasteiger partial charge in [0.1, 0.15) is 5.75 Å². The maximum atomic E-state index is 6.00. The fourth-order valence-electron chi connectivity index (χ4n) is 2.64. The molecule has 2 rings (SSSR count). The molecule has 0 radical (unpaired) electrons. The van der Waals surface area contributed by atoms with E-state index in [2.05, 4.69) is 24.0 Å². The summed E-state index contributed by atoms with van der Waals surface area (Å²) in [6.45, 7) is 7.98. The molecule has 1 heterocycles. The lowest BCUT2D eigenvalue weighted by Crippen LogP contribution is -2.47. The standard InChI is InChI=1S/C15H24N2O2/c1-3-19-14-6-4-5-13(9-14)15(10-16)17-7-8-18-11-12(17)2/h4-6,9,12,15H,3,7-8,10-11,16H2,1-2H3. The molecule has 1 saturated heterocycles. The molecule has 0 bridgehead atoms. The van der Waals surface area contributed by atoms with Gasteiger partial charge in [-0.15, -0.1) is 0 Å². The molecule has 2 N–H and O–H groups in total. The largest absolute Gasteiger partial charge is 0.494 e. The van der Waals surface area contributed by atoms with Gasteiger partial charge in [0.05, 0.1) is 19.8 Å². The quantitative estimate of drug-likeness (QED) is 0.881. The van der Waals surface area contributed by atoms with E-state index in [4.69, 9.17) is 15.2 Å². The van der Waals surface area contributed by atoms with Gasteiger partial charge < -0.3 is 15.2 Å². The average molecular weight is 264 g/mol. The van der Waals surface area contributed by atoms with E-state index in [0.29, 0.717) is 19.2 Å². The number of benzene rings is 1. The van der Waals surface area contributed by atoms with Crippen LogP contribution in [-0.2, 0) is 4.74 Å². The molecule has 4 nitrogen and oxygen atoms in total. The van der Waals surface area contributed by atoms with E-state index in [1.165, 1.54) is 5.56 Å². The Morgan fingerprint density at radius 3 is 3.05 bits per heavy atom. The summed E-state index contributed by atoms with van der Waals surface area (Å²) in [7, 11) is 0. The molecule has 2 atom stereocenters. The van der Waals surface area contributed by atoms with E-state index in [1.807, 2.05) is 19.1 Å². The molecule has 0 aromatic heterocycles. The number of nitrogens with zero attached hydrogens (tertiary/aromatic N) is 1. The maximum absolute atomic E-state index is 6.00. The average Bonchev–Trinajstić information content (AvgIpc) is 2.43. The minimum absolute atomic E-state index is 0.235. The second kappa shape index (κ2) is 6.89. The third-order valence-corrected chi connectivity index (χ3v) is 3.60. The first kappa shape index (κ1) is 14.3. The minimum Gasteiger partial charge on any atom is -0.494 e. The Morgan fingerprint density at radius 2 is 2.37 bits per heavy atom. The van der Waals surface area contributed by atoms with Crippen LogP contribution in [0.1, 0.15) is 25.5 Å². The normalized spacial score (nSPS) is 22.2. The molecule has 1 aromatic carbocycles. The molecule has 1 aromatic rings. The summed E-state index contributed by atoms with van der Waals surface area (Å²) >= 11 is 0. The van der Waals surface area contributed by atoms with Crippen LogP contribution in [0.2, 0.25) is 0 Å². The third-order valence-electron chi connectivity index (χ3n) is 3.60. The van der Waals surface area contributed by atoms with Crippen molar-refractivity contribution in [2.45, 2.75) is 25.9 Å². The van der Waals surface area contributed by atoms with Crippen LogP contribution in [0.3, 0.4) is 0 Å². The first-order valence-corrected chi connectivity index (χ1v) is 7.02. The van der Waals surface area contributed by atoms with Crippen molar-refractivity contribution in [2.24, 2.45) is 5.73 Å². The van der Waals surface area contributed by atoms with Gasteiger partial charge in [0.15, 0.2) is 0 Å². The summed E-state index contributed by atoms with van der Waals surface area (Å²) in [5.41, 5.74) is 7.22. The highest BCUT2D eigenvalue weighted by atomic mass is 16.5. The van der Waals surface area contributed by atoms with Crippen LogP contribution in [0.4, 0.5) is 0 Å². The van der Waals surface area contributed by atoms with Gasteiger partial charge in [-0.25, -0.2) is 0 Å². The number of nitrogens with two attached hydrogens (primary N) is 1. The number of ether oxygens (including phenoxy) is 2. The highest BCUT2D eigenvalue weighted by Crippen LogP contribution is 2.26. The van der Waals surface area contributed by atoms with Gasteiger partial charge in [-0.1, -0.05) is 12.1 Å².